The number of benzene rings is 1. The highest BCUT2D eigenvalue weighted by Gasteiger charge is 2.34. The van der Waals surface area contributed by atoms with E-state index < -0.39 is 17.8 Å². The second-order valence-corrected chi connectivity index (χ2v) is 5.26. The molecule has 7 nitrogen and oxygen atoms in total. The number of nitrogens with zero attached hydrogens (tertiary/aromatic N) is 1. The quantitative estimate of drug-likeness (QED) is 0.439. The zero-order valence-electron chi connectivity index (χ0n) is 14.5. The van der Waals surface area contributed by atoms with Crippen LogP contribution in [0.3, 0.4) is 0 Å². The highest BCUT2D eigenvalue weighted by atomic mass is 16.5. The van der Waals surface area contributed by atoms with Crippen molar-refractivity contribution in [2.45, 2.75) is 6.92 Å². The Bertz CT molecular complexity index is 782. The molecule has 2 rings (SSSR count). The molecular formula is C19H20N2O5. The third kappa shape index (κ3) is 4.18. The maximum absolute atomic E-state index is 12.4. The van der Waals surface area contributed by atoms with Crippen molar-refractivity contribution >= 4 is 23.9 Å². The third-order valence-electron chi connectivity index (χ3n) is 3.43. The third-order valence-corrected chi connectivity index (χ3v) is 3.43. The Morgan fingerprint density at radius 1 is 1.12 bits per heavy atom. The van der Waals surface area contributed by atoms with Crippen molar-refractivity contribution in [3.63, 3.8) is 0 Å². The van der Waals surface area contributed by atoms with Crippen LogP contribution in [0.1, 0.15) is 12.5 Å². The number of rotatable bonds is 8. The van der Waals surface area contributed by atoms with Crippen molar-refractivity contribution in [3.8, 4) is 11.5 Å². The molecule has 4 amide bonds. The van der Waals surface area contributed by atoms with Gasteiger partial charge in [-0.25, -0.2) is 4.79 Å². The summed E-state index contributed by atoms with van der Waals surface area (Å²) >= 11 is 0. The monoisotopic (exact) mass is 356 g/mol. The Balaban J connectivity index is 2.37. The number of amides is 4. The molecule has 1 saturated heterocycles. The molecule has 0 bridgehead atoms. The summed E-state index contributed by atoms with van der Waals surface area (Å²) < 4.78 is 11.1. The van der Waals surface area contributed by atoms with Crippen LogP contribution in [0.25, 0.3) is 6.08 Å². The number of carbonyl (C=O) groups excluding carboxylic acids is 3. The van der Waals surface area contributed by atoms with E-state index in [0.717, 1.165) is 4.90 Å². The van der Waals surface area contributed by atoms with Crippen LogP contribution >= 0.6 is 0 Å². The molecule has 0 aliphatic carbocycles. The lowest BCUT2D eigenvalue weighted by atomic mass is 10.1. The summed E-state index contributed by atoms with van der Waals surface area (Å²) in [5.41, 5.74) is 0.416. The van der Waals surface area contributed by atoms with Gasteiger partial charge in [0.2, 0.25) is 0 Å². The van der Waals surface area contributed by atoms with Crippen molar-refractivity contribution in [1.82, 2.24) is 10.2 Å². The minimum atomic E-state index is -0.764. The molecular weight excluding hydrogens is 336 g/mol. The van der Waals surface area contributed by atoms with Crippen LogP contribution in [0.15, 0.2) is 49.1 Å². The number of ether oxygens (including phenoxy) is 2. The topological polar surface area (TPSA) is 84.9 Å². The van der Waals surface area contributed by atoms with Gasteiger partial charge in [0.05, 0.1) is 6.61 Å². The average molecular weight is 356 g/mol. The Kier molecular flexibility index (Phi) is 6.32. The van der Waals surface area contributed by atoms with Crippen LogP contribution < -0.4 is 14.8 Å². The van der Waals surface area contributed by atoms with Crippen molar-refractivity contribution in [2.24, 2.45) is 0 Å². The maximum atomic E-state index is 12.4. The van der Waals surface area contributed by atoms with E-state index in [1.807, 2.05) is 6.92 Å². The second-order valence-electron chi connectivity index (χ2n) is 5.26. The summed E-state index contributed by atoms with van der Waals surface area (Å²) in [5, 5.41) is 2.14. The molecule has 136 valence electrons. The van der Waals surface area contributed by atoms with Gasteiger partial charge in [-0.2, -0.15) is 0 Å². The number of urea groups is 1. The van der Waals surface area contributed by atoms with E-state index in [2.05, 4.69) is 18.5 Å². The van der Waals surface area contributed by atoms with Gasteiger partial charge in [-0.05, 0) is 30.7 Å². The Morgan fingerprint density at radius 2 is 1.88 bits per heavy atom. The van der Waals surface area contributed by atoms with Crippen molar-refractivity contribution in [3.05, 3.63) is 54.6 Å². The first kappa shape index (κ1) is 19.0. The molecule has 1 heterocycles. The lowest BCUT2D eigenvalue weighted by Gasteiger charge is -2.25. The predicted molar refractivity (Wildman–Crippen MR) is 96.7 cm³/mol. The van der Waals surface area contributed by atoms with Gasteiger partial charge < -0.3 is 9.47 Å². The second kappa shape index (κ2) is 8.66. The predicted octanol–water partition coefficient (Wildman–Crippen LogP) is 2.30. The fourth-order valence-electron chi connectivity index (χ4n) is 2.31. The van der Waals surface area contributed by atoms with Gasteiger partial charge in [0.15, 0.2) is 11.5 Å². The molecule has 1 aliphatic heterocycles. The molecule has 1 aromatic carbocycles. The largest absolute Gasteiger partial charge is 0.490 e. The molecule has 1 aromatic rings. The first-order valence-electron chi connectivity index (χ1n) is 8.02. The van der Waals surface area contributed by atoms with Gasteiger partial charge in [-0.1, -0.05) is 24.8 Å². The summed E-state index contributed by atoms with van der Waals surface area (Å²) in [6.45, 7) is 9.68. The summed E-state index contributed by atoms with van der Waals surface area (Å²) in [6.07, 6.45) is 4.42. The number of barbiturate groups is 1. The molecule has 0 aromatic heterocycles. The summed E-state index contributed by atoms with van der Waals surface area (Å²) in [4.78, 5) is 37.1. The average Bonchev–Trinajstić information content (AvgIpc) is 2.61. The minimum Gasteiger partial charge on any atom is -0.490 e. The lowest BCUT2D eigenvalue weighted by Crippen LogP contribution is -2.54. The van der Waals surface area contributed by atoms with Crippen LogP contribution in [-0.2, 0) is 9.59 Å². The normalized spacial score (nSPS) is 15.7. The maximum Gasteiger partial charge on any atom is 0.331 e. The first-order chi connectivity index (χ1) is 12.5. The van der Waals surface area contributed by atoms with Crippen molar-refractivity contribution < 1.29 is 23.9 Å². The highest BCUT2D eigenvalue weighted by Crippen LogP contribution is 2.29. The number of carbonyl (C=O) groups is 3. The Morgan fingerprint density at radius 3 is 2.54 bits per heavy atom. The lowest BCUT2D eigenvalue weighted by molar-refractivity contribution is -0.129. The number of nitrogens with one attached hydrogen (secondary N) is 1. The number of hydrogen-bond donors (Lipinski definition) is 1. The molecule has 1 N–H and O–H groups in total. The van der Waals surface area contributed by atoms with Crippen LogP contribution in [0.4, 0.5) is 4.79 Å². The summed E-state index contributed by atoms with van der Waals surface area (Å²) in [7, 11) is 0. The molecule has 26 heavy (non-hydrogen) atoms. The highest BCUT2D eigenvalue weighted by molar-refractivity contribution is 6.31. The summed E-state index contributed by atoms with van der Waals surface area (Å²) in [6, 6.07) is 4.26. The van der Waals surface area contributed by atoms with E-state index in [0.29, 0.717) is 30.3 Å². The van der Waals surface area contributed by atoms with Gasteiger partial charge in [0.1, 0.15) is 12.2 Å². The fourth-order valence-corrected chi connectivity index (χ4v) is 2.31. The van der Waals surface area contributed by atoms with Crippen LogP contribution in [0.5, 0.6) is 11.5 Å². The van der Waals surface area contributed by atoms with Crippen LogP contribution in [-0.4, -0.2) is 42.5 Å². The van der Waals surface area contributed by atoms with Gasteiger partial charge in [-0.15, -0.1) is 6.58 Å². The molecule has 0 atom stereocenters. The van der Waals surface area contributed by atoms with Crippen molar-refractivity contribution in [1.29, 1.82) is 0 Å². The Labute approximate surface area is 151 Å². The van der Waals surface area contributed by atoms with E-state index in [9.17, 15) is 14.4 Å². The molecule has 7 heteroatoms. The smallest absolute Gasteiger partial charge is 0.331 e. The summed E-state index contributed by atoms with van der Waals surface area (Å²) in [5.74, 6) is -0.419. The van der Waals surface area contributed by atoms with Crippen LogP contribution in [0, 0.1) is 0 Å². The standard InChI is InChI=1S/C19H20N2O5/c1-4-9-21-18(23)14(17(22)20-19(21)24)11-13-7-8-15(26-10-5-2)16(12-13)25-6-3/h4-5,7-8,11-12H,1-2,6,9-10H2,3H3,(H,20,22,24)/b14-11-. The zero-order valence-corrected chi connectivity index (χ0v) is 14.5. The first-order valence-corrected chi connectivity index (χ1v) is 8.02. The molecule has 0 unspecified atom stereocenters. The molecule has 0 radical (unpaired) electrons. The molecule has 0 spiro atoms. The van der Waals surface area contributed by atoms with Crippen molar-refractivity contribution in [2.75, 3.05) is 19.8 Å². The van der Waals surface area contributed by atoms with E-state index >= 15 is 0 Å². The van der Waals surface area contributed by atoms with E-state index in [1.165, 1.54) is 12.2 Å². The van der Waals surface area contributed by atoms with Gasteiger partial charge in [0.25, 0.3) is 11.8 Å². The number of hydrogen-bond acceptors (Lipinski definition) is 5. The SMILES string of the molecule is C=CCOc1ccc(/C=C2/C(=O)NC(=O)N(CC=C)C2=O)cc1OCC. The Hall–Kier alpha value is -3.35. The van der Waals surface area contributed by atoms with Gasteiger partial charge >= 0.3 is 6.03 Å². The molecule has 1 aliphatic rings. The van der Waals surface area contributed by atoms with Gasteiger partial charge in [0, 0.05) is 6.54 Å². The minimum absolute atomic E-state index is 0.00775. The van der Waals surface area contributed by atoms with E-state index in [4.69, 9.17) is 9.47 Å². The van der Waals surface area contributed by atoms with E-state index in [1.54, 1.807) is 24.3 Å². The number of imide groups is 2. The fraction of sp³-hybridized carbons (Fsp3) is 0.211. The van der Waals surface area contributed by atoms with E-state index in [-0.39, 0.29) is 12.1 Å². The van der Waals surface area contributed by atoms with Gasteiger partial charge in [-0.3, -0.25) is 19.8 Å². The van der Waals surface area contributed by atoms with Crippen LogP contribution in [0.2, 0.25) is 0 Å². The molecule has 0 saturated carbocycles. The molecule has 1 fully saturated rings. The zero-order chi connectivity index (χ0) is 19.1.